The Morgan fingerprint density at radius 3 is 2.52 bits per heavy atom. The molecule has 7 nitrogen and oxygen atoms in total. The summed E-state index contributed by atoms with van der Waals surface area (Å²) < 4.78 is 1.83. The van der Waals surface area contributed by atoms with E-state index in [0.717, 1.165) is 51.5 Å². The van der Waals surface area contributed by atoms with Crippen molar-refractivity contribution in [3.05, 3.63) is 83.9 Å². The normalized spacial score (nSPS) is 15.7. The summed E-state index contributed by atoms with van der Waals surface area (Å²) in [5, 5.41) is 11.2. The number of likely N-dealkylation sites (tertiary alicyclic amines) is 1. The summed E-state index contributed by atoms with van der Waals surface area (Å²) in [4.78, 5) is 11.0. The third-order valence-electron chi connectivity index (χ3n) is 5.66. The Hall–Kier alpha value is -3.19. The van der Waals surface area contributed by atoms with Crippen LogP contribution in [0.4, 0.5) is 0 Å². The standard InChI is InChI=1S/C24H31N7/c1-25-24(27-15-21-8-5-9-22(14-21)17-31-19-26-18-28-31)29-23-10-12-30(13-11-23)16-20-6-3-2-4-7-20/h2-9,14,18-19,23H,10-13,15-17H2,1H3,(H2,25,27,29). The van der Waals surface area contributed by atoms with Gasteiger partial charge in [0, 0.05) is 39.3 Å². The van der Waals surface area contributed by atoms with Gasteiger partial charge in [-0.15, -0.1) is 0 Å². The van der Waals surface area contributed by atoms with E-state index in [-0.39, 0.29) is 0 Å². The number of hydrogen-bond donors (Lipinski definition) is 2. The molecule has 0 saturated carbocycles. The van der Waals surface area contributed by atoms with Gasteiger partial charge in [0.05, 0.1) is 6.54 Å². The Labute approximate surface area is 184 Å². The molecule has 4 rings (SSSR count). The fraction of sp³-hybridized carbons (Fsp3) is 0.375. The summed E-state index contributed by atoms with van der Waals surface area (Å²) >= 11 is 0. The van der Waals surface area contributed by atoms with Gasteiger partial charge in [0.15, 0.2) is 5.96 Å². The number of nitrogens with one attached hydrogen (secondary N) is 2. The molecule has 0 atom stereocenters. The zero-order valence-electron chi connectivity index (χ0n) is 18.1. The van der Waals surface area contributed by atoms with Crippen molar-refractivity contribution in [2.75, 3.05) is 20.1 Å². The number of nitrogens with zero attached hydrogens (tertiary/aromatic N) is 5. The molecule has 1 aliphatic rings. The van der Waals surface area contributed by atoms with Crippen molar-refractivity contribution in [1.82, 2.24) is 30.3 Å². The number of piperidine rings is 1. The molecule has 0 aliphatic carbocycles. The Bertz CT molecular complexity index is 945. The molecule has 1 aliphatic heterocycles. The molecule has 7 heteroatoms. The van der Waals surface area contributed by atoms with Crippen molar-refractivity contribution in [3.8, 4) is 0 Å². The zero-order valence-corrected chi connectivity index (χ0v) is 18.1. The average Bonchev–Trinajstić information content (AvgIpc) is 3.32. The first kappa shape index (κ1) is 21.1. The maximum Gasteiger partial charge on any atom is 0.191 e. The van der Waals surface area contributed by atoms with Crippen LogP contribution in [0.25, 0.3) is 0 Å². The van der Waals surface area contributed by atoms with Crippen LogP contribution in [0.3, 0.4) is 0 Å². The average molecular weight is 418 g/mol. The molecular formula is C24H31N7. The molecule has 31 heavy (non-hydrogen) atoms. The molecule has 162 valence electrons. The van der Waals surface area contributed by atoms with Gasteiger partial charge in [-0.3, -0.25) is 9.89 Å². The van der Waals surface area contributed by atoms with Crippen LogP contribution < -0.4 is 10.6 Å². The van der Waals surface area contributed by atoms with Gasteiger partial charge in [-0.2, -0.15) is 5.10 Å². The van der Waals surface area contributed by atoms with Crippen molar-refractivity contribution in [2.24, 2.45) is 4.99 Å². The summed E-state index contributed by atoms with van der Waals surface area (Å²) in [6, 6.07) is 19.7. The molecule has 0 bridgehead atoms. The predicted molar refractivity (Wildman–Crippen MR) is 124 cm³/mol. The lowest BCUT2D eigenvalue weighted by atomic mass is 10.0. The van der Waals surface area contributed by atoms with Gasteiger partial charge in [-0.25, -0.2) is 9.67 Å². The minimum atomic E-state index is 0.455. The lowest BCUT2D eigenvalue weighted by Crippen LogP contribution is -2.48. The number of hydrogen-bond acceptors (Lipinski definition) is 4. The lowest BCUT2D eigenvalue weighted by molar-refractivity contribution is 0.198. The third-order valence-corrected chi connectivity index (χ3v) is 5.66. The highest BCUT2D eigenvalue weighted by Crippen LogP contribution is 2.14. The van der Waals surface area contributed by atoms with Gasteiger partial charge in [0.1, 0.15) is 12.7 Å². The van der Waals surface area contributed by atoms with E-state index in [9.17, 15) is 0 Å². The molecular weight excluding hydrogens is 386 g/mol. The summed E-state index contributed by atoms with van der Waals surface area (Å²) in [5.74, 6) is 0.864. The fourth-order valence-electron chi connectivity index (χ4n) is 3.99. The van der Waals surface area contributed by atoms with Gasteiger partial charge in [0.25, 0.3) is 0 Å². The Morgan fingerprint density at radius 2 is 1.77 bits per heavy atom. The van der Waals surface area contributed by atoms with Crippen LogP contribution in [0, 0.1) is 0 Å². The first-order valence-corrected chi connectivity index (χ1v) is 10.9. The largest absolute Gasteiger partial charge is 0.354 e. The van der Waals surface area contributed by atoms with Gasteiger partial charge in [0.2, 0.25) is 0 Å². The molecule has 0 amide bonds. The second-order valence-electron chi connectivity index (χ2n) is 8.02. The molecule has 1 fully saturated rings. The minimum Gasteiger partial charge on any atom is -0.354 e. The molecule has 2 N–H and O–H groups in total. The molecule has 3 aromatic rings. The Kier molecular flexibility index (Phi) is 7.28. The summed E-state index contributed by atoms with van der Waals surface area (Å²) in [5.41, 5.74) is 3.81. The number of guanidine groups is 1. The number of aliphatic imine (C=N–C) groups is 1. The van der Waals surface area contributed by atoms with Crippen molar-refractivity contribution in [3.63, 3.8) is 0 Å². The van der Waals surface area contributed by atoms with Gasteiger partial charge in [-0.1, -0.05) is 54.6 Å². The van der Waals surface area contributed by atoms with Gasteiger partial charge < -0.3 is 10.6 Å². The SMILES string of the molecule is CN=C(NCc1cccc(Cn2cncn2)c1)NC1CCN(Cc2ccccc2)CC1. The molecule has 1 aromatic heterocycles. The predicted octanol–water partition coefficient (Wildman–Crippen LogP) is 2.66. The van der Waals surface area contributed by atoms with E-state index >= 15 is 0 Å². The highest BCUT2D eigenvalue weighted by atomic mass is 15.3. The number of rotatable bonds is 7. The summed E-state index contributed by atoms with van der Waals surface area (Å²) in [6.45, 7) is 4.70. The van der Waals surface area contributed by atoms with Crippen LogP contribution in [-0.4, -0.2) is 51.8 Å². The molecule has 2 heterocycles. The molecule has 0 radical (unpaired) electrons. The second-order valence-corrected chi connectivity index (χ2v) is 8.02. The summed E-state index contributed by atoms with van der Waals surface area (Å²) in [6.07, 6.45) is 5.55. The molecule has 2 aromatic carbocycles. The van der Waals surface area contributed by atoms with Crippen molar-refractivity contribution < 1.29 is 0 Å². The lowest BCUT2D eigenvalue weighted by Gasteiger charge is -2.33. The molecule has 0 unspecified atom stereocenters. The molecule has 1 saturated heterocycles. The van der Waals surface area contributed by atoms with Crippen LogP contribution in [0.15, 0.2) is 72.2 Å². The summed E-state index contributed by atoms with van der Waals surface area (Å²) in [7, 11) is 1.83. The number of aromatic nitrogens is 3. The van der Waals surface area contributed by atoms with Crippen molar-refractivity contribution in [2.45, 2.75) is 38.5 Å². The maximum atomic E-state index is 4.43. The quantitative estimate of drug-likeness (QED) is 0.457. The van der Waals surface area contributed by atoms with Gasteiger partial charge in [-0.05, 0) is 29.5 Å². The van der Waals surface area contributed by atoms with Crippen molar-refractivity contribution >= 4 is 5.96 Å². The topological polar surface area (TPSA) is 70.4 Å². The fourth-order valence-corrected chi connectivity index (χ4v) is 3.99. The van der Waals surface area contributed by atoms with E-state index in [2.05, 4.69) is 85.2 Å². The maximum absolute atomic E-state index is 4.43. The monoisotopic (exact) mass is 417 g/mol. The Balaban J connectivity index is 1.22. The van der Waals surface area contributed by atoms with Crippen LogP contribution in [-0.2, 0) is 19.6 Å². The van der Waals surface area contributed by atoms with E-state index in [1.165, 1.54) is 16.7 Å². The highest BCUT2D eigenvalue weighted by Gasteiger charge is 2.20. The van der Waals surface area contributed by atoms with Crippen molar-refractivity contribution in [1.29, 1.82) is 0 Å². The third kappa shape index (κ3) is 6.39. The first-order valence-electron chi connectivity index (χ1n) is 10.9. The van der Waals surface area contributed by atoms with E-state index < -0.39 is 0 Å². The van der Waals surface area contributed by atoms with E-state index in [0.29, 0.717) is 6.04 Å². The first-order chi connectivity index (χ1) is 15.3. The van der Waals surface area contributed by atoms with Crippen LogP contribution in [0.5, 0.6) is 0 Å². The molecule has 0 spiro atoms. The number of benzene rings is 2. The smallest absolute Gasteiger partial charge is 0.191 e. The second kappa shape index (κ2) is 10.7. The minimum absolute atomic E-state index is 0.455. The van der Waals surface area contributed by atoms with Crippen LogP contribution >= 0.6 is 0 Å². The highest BCUT2D eigenvalue weighted by molar-refractivity contribution is 5.79. The zero-order chi connectivity index (χ0) is 21.3. The van der Waals surface area contributed by atoms with E-state index in [1.807, 2.05) is 11.7 Å². The van der Waals surface area contributed by atoms with Crippen LogP contribution in [0.2, 0.25) is 0 Å². The van der Waals surface area contributed by atoms with Gasteiger partial charge >= 0.3 is 0 Å². The van der Waals surface area contributed by atoms with E-state index in [4.69, 9.17) is 0 Å². The van der Waals surface area contributed by atoms with E-state index in [1.54, 1.807) is 12.7 Å². The van der Waals surface area contributed by atoms with Crippen LogP contribution in [0.1, 0.15) is 29.5 Å². The Morgan fingerprint density at radius 1 is 1.00 bits per heavy atom.